The van der Waals surface area contributed by atoms with E-state index in [1.165, 1.54) is 18.7 Å². The molecule has 0 heterocycles. The van der Waals surface area contributed by atoms with Gasteiger partial charge in [0.2, 0.25) is 0 Å². The highest BCUT2D eigenvalue weighted by Crippen LogP contribution is 2.13. The van der Waals surface area contributed by atoms with Gasteiger partial charge in [-0.3, -0.25) is 9.59 Å². The maximum atomic E-state index is 12.0. The lowest BCUT2D eigenvalue weighted by molar-refractivity contribution is -0.147. The summed E-state index contributed by atoms with van der Waals surface area (Å²) in [4.78, 5) is 35.7. The van der Waals surface area contributed by atoms with Crippen LogP contribution in [0.25, 0.3) is 0 Å². The van der Waals surface area contributed by atoms with Gasteiger partial charge in [0.15, 0.2) is 0 Å². The lowest BCUT2D eigenvalue weighted by Crippen LogP contribution is -2.49. The number of rotatable bonds is 7. The molecule has 2 N–H and O–H groups in total. The van der Waals surface area contributed by atoms with E-state index in [4.69, 9.17) is 9.84 Å². The largest absolute Gasteiger partial charge is 0.481 e. The fourth-order valence-electron chi connectivity index (χ4n) is 1.31. The predicted octanol–water partition coefficient (Wildman–Crippen LogP) is 1.08. The molecule has 0 radical (unpaired) electrons. The Hall–Kier alpha value is -1.79. The first-order valence-electron chi connectivity index (χ1n) is 6.55. The molecule has 0 spiro atoms. The Morgan fingerprint density at radius 3 is 2.25 bits per heavy atom. The van der Waals surface area contributed by atoms with Crippen molar-refractivity contribution in [3.8, 4) is 0 Å². The van der Waals surface area contributed by atoms with Crippen molar-refractivity contribution in [2.24, 2.45) is 5.41 Å². The molecule has 0 unspecified atom stereocenters. The monoisotopic (exact) mass is 288 g/mol. The summed E-state index contributed by atoms with van der Waals surface area (Å²) in [7, 11) is 0. The zero-order valence-electron chi connectivity index (χ0n) is 12.7. The maximum absolute atomic E-state index is 12.0. The normalized spacial score (nSPS) is 11.1. The first kappa shape index (κ1) is 18.2. The number of carboxylic acids is 1. The van der Waals surface area contributed by atoms with Crippen molar-refractivity contribution in [1.29, 1.82) is 0 Å². The van der Waals surface area contributed by atoms with Gasteiger partial charge in [-0.05, 0) is 34.6 Å². The summed E-state index contributed by atoms with van der Waals surface area (Å²) in [5, 5.41) is 11.5. The van der Waals surface area contributed by atoms with Crippen LogP contribution in [0.15, 0.2) is 0 Å². The number of urea groups is 1. The van der Waals surface area contributed by atoms with Crippen LogP contribution in [-0.2, 0) is 14.3 Å². The molecule has 20 heavy (non-hydrogen) atoms. The first-order chi connectivity index (χ1) is 9.11. The number of amides is 2. The van der Waals surface area contributed by atoms with Crippen LogP contribution in [0, 0.1) is 5.41 Å². The Morgan fingerprint density at radius 2 is 1.85 bits per heavy atom. The molecule has 0 aromatic rings. The smallest absolute Gasteiger partial charge is 0.325 e. The SMILES string of the molecule is CCOC(=O)CN(C(=O)NCC(C)(C)C(=O)O)C(C)C. The Balaban J connectivity index is 4.59. The number of hydrogen-bond acceptors (Lipinski definition) is 4. The van der Waals surface area contributed by atoms with E-state index in [0.29, 0.717) is 0 Å². The van der Waals surface area contributed by atoms with Gasteiger partial charge in [-0.2, -0.15) is 0 Å². The Kier molecular flexibility index (Phi) is 7.02. The summed E-state index contributed by atoms with van der Waals surface area (Å²) in [6.45, 7) is 8.31. The number of ether oxygens (including phenoxy) is 1. The van der Waals surface area contributed by atoms with Gasteiger partial charge >= 0.3 is 18.0 Å². The molecule has 0 saturated carbocycles. The molecule has 7 nitrogen and oxygen atoms in total. The zero-order chi connectivity index (χ0) is 15.9. The Bertz CT molecular complexity index is 366. The summed E-state index contributed by atoms with van der Waals surface area (Å²) in [5.74, 6) is -1.49. The summed E-state index contributed by atoms with van der Waals surface area (Å²) < 4.78 is 4.80. The fourth-order valence-corrected chi connectivity index (χ4v) is 1.31. The van der Waals surface area contributed by atoms with Crippen LogP contribution in [0.2, 0.25) is 0 Å². The zero-order valence-corrected chi connectivity index (χ0v) is 12.7. The lowest BCUT2D eigenvalue weighted by atomic mass is 9.94. The molecule has 0 bridgehead atoms. The van der Waals surface area contributed by atoms with Crippen molar-refractivity contribution >= 4 is 18.0 Å². The topological polar surface area (TPSA) is 95.9 Å². The van der Waals surface area contributed by atoms with Crippen LogP contribution < -0.4 is 5.32 Å². The van der Waals surface area contributed by atoms with Gasteiger partial charge in [-0.1, -0.05) is 0 Å². The number of aliphatic carboxylic acids is 1. The second-order valence-electron chi connectivity index (χ2n) is 5.37. The molecule has 0 aliphatic heterocycles. The maximum Gasteiger partial charge on any atom is 0.325 e. The average Bonchev–Trinajstić information content (AvgIpc) is 2.33. The molecular weight excluding hydrogens is 264 g/mol. The third-order valence-electron chi connectivity index (χ3n) is 2.75. The third-order valence-corrected chi connectivity index (χ3v) is 2.75. The third kappa shape index (κ3) is 5.90. The van der Waals surface area contributed by atoms with E-state index in [-0.39, 0.29) is 25.7 Å². The number of carbonyl (C=O) groups excluding carboxylic acids is 2. The second kappa shape index (κ2) is 7.72. The van der Waals surface area contributed by atoms with E-state index in [9.17, 15) is 14.4 Å². The van der Waals surface area contributed by atoms with Crippen molar-refractivity contribution in [2.75, 3.05) is 19.7 Å². The van der Waals surface area contributed by atoms with Gasteiger partial charge in [0.1, 0.15) is 6.54 Å². The highest BCUT2D eigenvalue weighted by atomic mass is 16.5. The molecule has 0 aromatic heterocycles. The standard InChI is InChI=1S/C13H24N2O5/c1-6-20-10(16)7-15(9(2)3)12(19)14-8-13(4,5)11(17)18/h9H,6-8H2,1-5H3,(H,14,19)(H,17,18). The number of nitrogens with zero attached hydrogens (tertiary/aromatic N) is 1. The minimum absolute atomic E-state index is 0.0206. The number of carboxylic acid groups (broad SMARTS) is 1. The summed E-state index contributed by atoms with van der Waals surface area (Å²) >= 11 is 0. The highest BCUT2D eigenvalue weighted by Gasteiger charge is 2.29. The summed E-state index contributed by atoms with van der Waals surface area (Å²) in [6, 6.07) is -0.685. The van der Waals surface area contributed by atoms with Crippen molar-refractivity contribution in [2.45, 2.75) is 40.7 Å². The molecular formula is C13H24N2O5. The molecule has 116 valence electrons. The Morgan fingerprint density at radius 1 is 1.30 bits per heavy atom. The molecule has 0 rings (SSSR count). The highest BCUT2D eigenvalue weighted by molar-refractivity contribution is 5.82. The van der Waals surface area contributed by atoms with Gasteiger partial charge < -0.3 is 20.1 Å². The van der Waals surface area contributed by atoms with Gasteiger partial charge in [0.25, 0.3) is 0 Å². The minimum Gasteiger partial charge on any atom is -0.481 e. The van der Waals surface area contributed by atoms with E-state index in [2.05, 4.69) is 5.32 Å². The van der Waals surface area contributed by atoms with Crippen LogP contribution in [-0.4, -0.2) is 53.7 Å². The number of nitrogens with one attached hydrogen (secondary N) is 1. The van der Waals surface area contributed by atoms with Crippen molar-refractivity contribution in [1.82, 2.24) is 10.2 Å². The predicted molar refractivity (Wildman–Crippen MR) is 73.3 cm³/mol. The quantitative estimate of drug-likeness (QED) is 0.683. The van der Waals surface area contributed by atoms with Crippen LogP contribution in [0.3, 0.4) is 0 Å². The van der Waals surface area contributed by atoms with E-state index in [1.807, 2.05) is 0 Å². The van der Waals surface area contributed by atoms with Gasteiger partial charge in [-0.25, -0.2) is 4.79 Å². The number of hydrogen-bond donors (Lipinski definition) is 2. The number of carbonyl (C=O) groups is 3. The second-order valence-corrected chi connectivity index (χ2v) is 5.37. The van der Waals surface area contributed by atoms with Crippen molar-refractivity contribution in [3.05, 3.63) is 0 Å². The van der Waals surface area contributed by atoms with Crippen LogP contribution >= 0.6 is 0 Å². The van der Waals surface area contributed by atoms with Crippen molar-refractivity contribution < 1.29 is 24.2 Å². The molecule has 0 atom stereocenters. The van der Waals surface area contributed by atoms with E-state index < -0.39 is 23.4 Å². The van der Waals surface area contributed by atoms with Crippen LogP contribution in [0.4, 0.5) is 4.79 Å². The Labute approximate surface area is 119 Å². The molecule has 0 aliphatic carbocycles. The molecule has 7 heteroatoms. The van der Waals surface area contributed by atoms with E-state index >= 15 is 0 Å². The van der Waals surface area contributed by atoms with Gasteiger partial charge in [0, 0.05) is 12.6 Å². The average molecular weight is 288 g/mol. The summed E-state index contributed by atoms with van der Waals surface area (Å²) in [5.41, 5.74) is -1.07. The van der Waals surface area contributed by atoms with Crippen LogP contribution in [0.5, 0.6) is 0 Å². The van der Waals surface area contributed by atoms with Crippen LogP contribution in [0.1, 0.15) is 34.6 Å². The first-order valence-corrected chi connectivity index (χ1v) is 6.55. The molecule has 0 saturated heterocycles. The molecule has 0 aliphatic rings. The molecule has 0 fully saturated rings. The molecule has 0 aromatic carbocycles. The van der Waals surface area contributed by atoms with Gasteiger partial charge in [-0.15, -0.1) is 0 Å². The minimum atomic E-state index is -1.07. The van der Waals surface area contributed by atoms with E-state index in [1.54, 1.807) is 20.8 Å². The van der Waals surface area contributed by atoms with Crippen molar-refractivity contribution in [3.63, 3.8) is 0 Å². The fraction of sp³-hybridized carbons (Fsp3) is 0.769. The van der Waals surface area contributed by atoms with E-state index in [0.717, 1.165) is 0 Å². The molecule has 2 amide bonds. The number of esters is 1. The lowest BCUT2D eigenvalue weighted by Gasteiger charge is -2.28. The van der Waals surface area contributed by atoms with Gasteiger partial charge in [0.05, 0.1) is 12.0 Å². The summed E-state index contributed by atoms with van der Waals surface area (Å²) in [6.07, 6.45) is 0.